The summed E-state index contributed by atoms with van der Waals surface area (Å²) < 4.78 is 0. The molecule has 0 aliphatic carbocycles. The maximum absolute atomic E-state index is 11.3. The number of urea groups is 1. The molecule has 1 aromatic carbocycles. The smallest absolute Gasteiger partial charge is 0.319 e. The Morgan fingerprint density at radius 3 is 2.80 bits per heavy atom. The number of amides is 2. The second-order valence-corrected chi connectivity index (χ2v) is 3.57. The first-order valence-electron chi connectivity index (χ1n) is 4.57. The lowest BCUT2D eigenvalue weighted by atomic mass is 10.3. The lowest BCUT2D eigenvalue weighted by Gasteiger charge is -2.09. The number of aliphatic hydroxyl groups is 1. The second kappa shape index (κ2) is 5.58. The third-order valence-electron chi connectivity index (χ3n) is 1.68. The number of hydrogen-bond donors (Lipinski definition) is 3. The number of rotatable bonds is 3. The summed E-state index contributed by atoms with van der Waals surface area (Å²) in [7, 11) is 0. The number of nitrogens with one attached hydrogen (secondary N) is 2. The minimum absolute atomic E-state index is 0.205. The van der Waals surface area contributed by atoms with Crippen molar-refractivity contribution in [1.82, 2.24) is 5.32 Å². The number of carbonyl (C=O) groups is 1. The Morgan fingerprint density at radius 1 is 1.53 bits per heavy atom. The van der Waals surface area contributed by atoms with Crippen molar-refractivity contribution in [3.63, 3.8) is 0 Å². The summed E-state index contributed by atoms with van der Waals surface area (Å²) in [5.74, 6) is 0. The Bertz CT molecular complexity index is 342. The molecule has 0 fully saturated rings. The molecule has 4 nitrogen and oxygen atoms in total. The van der Waals surface area contributed by atoms with Crippen LogP contribution in [0.25, 0.3) is 0 Å². The summed E-state index contributed by atoms with van der Waals surface area (Å²) in [4.78, 5) is 11.3. The van der Waals surface area contributed by atoms with Crippen LogP contribution in [0.5, 0.6) is 0 Å². The van der Waals surface area contributed by atoms with Crippen LogP contribution in [0.3, 0.4) is 0 Å². The van der Waals surface area contributed by atoms with Crippen LogP contribution in [-0.2, 0) is 0 Å². The molecule has 15 heavy (non-hydrogen) atoms. The van der Waals surface area contributed by atoms with Crippen LogP contribution in [0.15, 0.2) is 24.3 Å². The summed E-state index contributed by atoms with van der Waals surface area (Å²) in [5, 5.41) is 14.5. The Labute approximate surface area is 93.2 Å². The van der Waals surface area contributed by atoms with Crippen LogP contribution in [-0.4, -0.2) is 23.8 Å². The molecule has 0 aromatic heterocycles. The summed E-state index contributed by atoms with van der Waals surface area (Å²) in [6.45, 7) is 1.80. The van der Waals surface area contributed by atoms with E-state index in [0.29, 0.717) is 10.7 Å². The fourth-order valence-corrected chi connectivity index (χ4v) is 1.15. The van der Waals surface area contributed by atoms with Crippen molar-refractivity contribution in [3.05, 3.63) is 29.3 Å². The van der Waals surface area contributed by atoms with E-state index in [1.165, 1.54) is 0 Å². The third-order valence-corrected chi connectivity index (χ3v) is 2.01. The first-order chi connectivity index (χ1) is 7.09. The molecule has 1 unspecified atom stereocenters. The lowest BCUT2D eigenvalue weighted by Crippen LogP contribution is -2.34. The molecule has 0 aliphatic rings. The van der Waals surface area contributed by atoms with Gasteiger partial charge in [0.1, 0.15) is 0 Å². The van der Waals surface area contributed by atoms with E-state index < -0.39 is 6.10 Å². The van der Waals surface area contributed by atoms with Crippen LogP contribution >= 0.6 is 11.6 Å². The van der Waals surface area contributed by atoms with E-state index in [1.54, 1.807) is 31.2 Å². The van der Waals surface area contributed by atoms with Crippen molar-refractivity contribution in [1.29, 1.82) is 0 Å². The molecule has 1 atom stereocenters. The number of hydrogen-bond acceptors (Lipinski definition) is 2. The number of aliphatic hydroxyl groups excluding tert-OH is 1. The monoisotopic (exact) mass is 228 g/mol. The zero-order valence-electron chi connectivity index (χ0n) is 8.33. The molecule has 0 saturated heterocycles. The van der Waals surface area contributed by atoms with Gasteiger partial charge in [0.25, 0.3) is 0 Å². The fraction of sp³-hybridized carbons (Fsp3) is 0.300. The standard InChI is InChI=1S/C10H13ClN2O2/c1-7(14)6-12-10(15)13-9-5-3-2-4-8(9)11/h2-5,7,14H,6H2,1H3,(H2,12,13,15). The number of carbonyl (C=O) groups excluding carboxylic acids is 1. The number of benzene rings is 1. The minimum Gasteiger partial charge on any atom is -0.392 e. The fourth-order valence-electron chi connectivity index (χ4n) is 0.969. The molecular weight excluding hydrogens is 216 g/mol. The van der Waals surface area contributed by atoms with E-state index >= 15 is 0 Å². The predicted molar refractivity (Wildman–Crippen MR) is 60.2 cm³/mol. The van der Waals surface area contributed by atoms with Gasteiger partial charge in [0.2, 0.25) is 0 Å². The second-order valence-electron chi connectivity index (χ2n) is 3.16. The molecule has 0 heterocycles. The predicted octanol–water partition coefficient (Wildman–Crippen LogP) is 1.84. The normalized spacial score (nSPS) is 11.9. The highest BCUT2D eigenvalue weighted by Gasteiger charge is 2.04. The van der Waals surface area contributed by atoms with E-state index in [9.17, 15) is 4.79 Å². The Balaban J connectivity index is 2.48. The molecule has 0 spiro atoms. The molecule has 1 rings (SSSR count). The van der Waals surface area contributed by atoms with Gasteiger partial charge in [-0.05, 0) is 19.1 Å². The molecule has 5 heteroatoms. The van der Waals surface area contributed by atoms with Crippen LogP contribution in [0.1, 0.15) is 6.92 Å². The van der Waals surface area contributed by atoms with Gasteiger partial charge in [0.05, 0.1) is 16.8 Å². The first-order valence-corrected chi connectivity index (χ1v) is 4.95. The van der Waals surface area contributed by atoms with Crippen LogP contribution < -0.4 is 10.6 Å². The van der Waals surface area contributed by atoms with E-state index in [4.69, 9.17) is 16.7 Å². The van der Waals surface area contributed by atoms with Gasteiger partial charge in [-0.25, -0.2) is 4.79 Å². The van der Waals surface area contributed by atoms with Gasteiger partial charge in [-0.1, -0.05) is 23.7 Å². The molecule has 2 amide bonds. The SMILES string of the molecule is CC(O)CNC(=O)Nc1ccccc1Cl. The van der Waals surface area contributed by atoms with E-state index in [-0.39, 0.29) is 12.6 Å². The third kappa shape index (κ3) is 4.18. The molecule has 0 radical (unpaired) electrons. The maximum atomic E-state index is 11.3. The van der Waals surface area contributed by atoms with Gasteiger partial charge in [0.15, 0.2) is 0 Å². The van der Waals surface area contributed by atoms with Crippen LogP contribution in [0.2, 0.25) is 5.02 Å². The summed E-state index contributed by atoms with van der Waals surface area (Å²) in [5.41, 5.74) is 0.544. The topological polar surface area (TPSA) is 61.4 Å². The van der Waals surface area contributed by atoms with Gasteiger partial charge in [-0.15, -0.1) is 0 Å². The van der Waals surface area contributed by atoms with Crippen molar-refractivity contribution < 1.29 is 9.90 Å². The lowest BCUT2D eigenvalue weighted by molar-refractivity contribution is 0.190. The highest BCUT2D eigenvalue weighted by molar-refractivity contribution is 6.33. The minimum atomic E-state index is -0.568. The van der Waals surface area contributed by atoms with E-state index in [1.807, 2.05) is 0 Å². The summed E-state index contributed by atoms with van der Waals surface area (Å²) >= 11 is 5.84. The van der Waals surface area contributed by atoms with Gasteiger partial charge in [-0.2, -0.15) is 0 Å². The molecular formula is C10H13ClN2O2. The Kier molecular flexibility index (Phi) is 4.39. The van der Waals surface area contributed by atoms with Gasteiger partial charge in [0, 0.05) is 6.54 Å². The van der Waals surface area contributed by atoms with Gasteiger partial charge >= 0.3 is 6.03 Å². The number of halogens is 1. The van der Waals surface area contributed by atoms with Crippen molar-refractivity contribution >= 4 is 23.3 Å². The van der Waals surface area contributed by atoms with Crippen molar-refractivity contribution in [3.8, 4) is 0 Å². The highest BCUT2D eigenvalue weighted by Crippen LogP contribution is 2.19. The largest absolute Gasteiger partial charge is 0.392 e. The average molecular weight is 229 g/mol. The zero-order chi connectivity index (χ0) is 11.3. The highest BCUT2D eigenvalue weighted by atomic mass is 35.5. The molecule has 82 valence electrons. The van der Waals surface area contributed by atoms with Gasteiger partial charge < -0.3 is 15.7 Å². The van der Waals surface area contributed by atoms with Crippen molar-refractivity contribution in [2.75, 3.05) is 11.9 Å². The molecule has 0 saturated carbocycles. The van der Waals surface area contributed by atoms with E-state index in [0.717, 1.165) is 0 Å². The quantitative estimate of drug-likeness (QED) is 0.739. The molecule has 0 aliphatic heterocycles. The Hall–Kier alpha value is -1.26. The zero-order valence-corrected chi connectivity index (χ0v) is 9.08. The van der Waals surface area contributed by atoms with Crippen LogP contribution in [0, 0.1) is 0 Å². The number of anilines is 1. The van der Waals surface area contributed by atoms with Crippen molar-refractivity contribution in [2.24, 2.45) is 0 Å². The van der Waals surface area contributed by atoms with E-state index in [2.05, 4.69) is 10.6 Å². The molecule has 3 N–H and O–H groups in total. The van der Waals surface area contributed by atoms with Gasteiger partial charge in [-0.3, -0.25) is 0 Å². The molecule has 0 bridgehead atoms. The summed E-state index contributed by atoms with van der Waals surface area (Å²) in [6, 6.07) is 6.55. The Morgan fingerprint density at radius 2 is 2.20 bits per heavy atom. The van der Waals surface area contributed by atoms with Crippen molar-refractivity contribution in [2.45, 2.75) is 13.0 Å². The first kappa shape index (κ1) is 11.8. The van der Waals surface area contributed by atoms with Crippen LogP contribution in [0.4, 0.5) is 10.5 Å². The average Bonchev–Trinajstić information content (AvgIpc) is 2.18. The summed E-state index contributed by atoms with van der Waals surface area (Å²) in [6.07, 6.45) is -0.568. The molecule has 1 aromatic rings. The maximum Gasteiger partial charge on any atom is 0.319 e. The number of para-hydroxylation sites is 1.